The van der Waals surface area contributed by atoms with Crippen LogP contribution in [0.5, 0.6) is 5.75 Å². The van der Waals surface area contributed by atoms with E-state index >= 15 is 0 Å². The van der Waals surface area contributed by atoms with Crippen LogP contribution >= 0.6 is 10.6 Å². The van der Waals surface area contributed by atoms with Crippen molar-refractivity contribution < 1.29 is 23.6 Å². The molecule has 1 aliphatic rings. The topological polar surface area (TPSA) is 116 Å². The van der Waals surface area contributed by atoms with Crippen LogP contribution in [0, 0.1) is 10.1 Å². The Kier molecular flexibility index (Phi) is 4.12. The number of benzene rings is 1. The molecule has 0 unspecified atom stereocenters. The zero-order chi connectivity index (χ0) is 14.8. The predicted octanol–water partition coefficient (Wildman–Crippen LogP) is 1.82. The first-order chi connectivity index (χ1) is 9.37. The van der Waals surface area contributed by atoms with Gasteiger partial charge in [0.15, 0.2) is 0 Å². The summed E-state index contributed by atoms with van der Waals surface area (Å²) in [7, 11) is -2.81. The van der Waals surface area contributed by atoms with E-state index < -0.39 is 21.6 Å². The fourth-order valence-electron chi connectivity index (χ4n) is 1.70. The van der Waals surface area contributed by atoms with Crippen LogP contribution in [0.1, 0.15) is 0 Å². The third kappa shape index (κ3) is 3.59. The maximum atomic E-state index is 11.8. The summed E-state index contributed by atoms with van der Waals surface area (Å²) in [5, 5.41) is 10.5. The third-order valence-electron chi connectivity index (χ3n) is 2.87. The van der Waals surface area contributed by atoms with Gasteiger partial charge < -0.3 is 29.3 Å². The zero-order valence-electron chi connectivity index (χ0n) is 10.4. The number of hydrogen-bond donors (Lipinski definition) is 1. The molecule has 110 valence electrons. The van der Waals surface area contributed by atoms with Crippen molar-refractivity contribution in [3.63, 3.8) is 0 Å². The van der Waals surface area contributed by atoms with E-state index in [1.165, 1.54) is 29.2 Å². The number of rotatable bonds is 2. The molecule has 1 heterocycles. The lowest BCUT2D eigenvalue weighted by molar-refractivity contribution is -0.384. The highest BCUT2D eigenvalue weighted by molar-refractivity contribution is 8.24. The second kappa shape index (κ2) is 5.65. The van der Waals surface area contributed by atoms with E-state index in [9.17, 15) is 24.0 Å². The first-order valence-electron chi connectivity index (χ1n) is 5.81. The number of carbonyl (C=O) groups excluding carboxylic acids is 1. The standard InChI is InChI=1S/C11H14N2O6S/c14-11(12-5-7-20(17,18)8-6-12)19-10-3-1-9(2-4-10)13(15)16/h1-4,17-18H,5-8H2/p-1. The number of non-ortho nitro benzene ring substituents is 1. The normalized spacial score (nSPS) is 19.2. The maximum Gasteiger partial charge on any atom is 0.415 e. The first-order valence-corrected chi connectivity index (χ1v) is 7.66. The molecule has 0 bridgehead atoms. The van der Waals surface area contributed by atoms with E-state index in [4.69, 9.17) is 4.74 Å². The molecular weight excluding hydrogens is 288 g/mol. The molecule has 20 heavy (non-hydrogen) atoms. The summed E-state index contributed by atoms with van der Waals surface area (Å²) in [5.74, 6) is 0.251. The van der Waals surface area contributed by atoms with Crippen LogP contribution < -0.4 is 4.74 Å². The lowest BCUT2D eigenvalue weighted by atomic mass is 10.3. The van der Waals surface area contributed by atoms with Gasteiger partial charge in [-0.15, -0.1) is 0 Å². The quantitative estimate of drug-likeness (QED) is 0.658. The predicted molar refractivity (Wildman–Crippen MR) is 71.4 cm³/mol. The van der Waals surface area contributed by atoms with E-state index in [0.717, 1.165) is 0 Å². The summed E-state index contributed by atoms with van der Waals surface area (Å²) in [6.45, 7) is 0.308. The minimum atomic E-state index is -2.81. The highest BCUT2D eigenvalue weighted by Gasteiger charge is 2.22. The van der Waals surface area contributed by atoms with Gasteiger partial charge >= 0.3 is 6.09 Å². The highest BCUT2D eigenvalue weighted by atomic mass is 32.3. The molecule has 0 atom stereocenters. The van der Waals surface area contributed by atoms with Crippen LogP contribution in [0.4, 0.5) is 10.5 Å². The van der Waals surface area contributed by atoms with Crippen molar-refractivity contribution >= 4 is 22.4 Å². The Hall–Kier alpha value is -1.84. The van der Waals surface area contributed by atoms with Crippen molar-refractivity contribution in [1.82, 2.24) is 4.90 Å². The third-order valence-corrected chi connectivity index (χ3v) is 4.51. The van der Waals surface area contributed by atoms with Crippen molar-refractivity contribution in [2.24, 2.45) is 0 Å². The highest BCUT2D eigenvalue weighted by Crippen LogP contribution is 2.40. The number of nitro groups is 1. The maximum absolute atomic E-state index is 11.8. The van der Waals surface area contributed by atoms with Gasteiger partial charge in [0.1, 0.15) is 5.75 Å². The molecule has 0 spiro atoms. The summed E-state index contributed by atoms with van der Waals surface area (Å²) in [5.41, 5.74) is -0.0946. The lowest BCUT2D eigenvalue weighted by Gasteiger charge is -2.50. The fourth-order valence-corrected chi connectivity index (χ4v) is 2.92. The largest absolute Gasteiger partial charge is 0.768 e. The van der Waals surface area contributed by atoms with Crippen molar-refractivity contribution in [3.05, 3.63) is 34.4 Å². The number of carbonyl (C=O) groups is 1. The molecule has 1 saturated heterocycles. The van der Waals surface area contributed by atoms with Gasteiger partial charge in [0, 0.05) is 36.7 Å². The molecule has 1 fully saturated rings. The smallest absolute Gasteiger partial charge is 0.415 e. The van der Waals surface area contributed by atoms with E-state index in [0.29, 0.717) is 0 Å². The summed E-state index contributed by atoms with van der Waals surface area (Å²) in [6, 6.07) is 5.13. The Morgan fingerprint density at radius 3 is 2.35 bits per heavy atom. The number of ether oxygens (including phenoxy) is 1. The second-order valence-electron chi connectivity index (χ2n) is 4.29. The Bertz CT molecular complexity index is 508. The Balaban J connectivity index is 1.93. The minimum Gasteiger partial charge on any atom is -0.768 e. The molecule has 0 aromatic heterocycles. The van der Waals surface area contributed by atoms with E-state index in [1.807, 2.05) is 0 Å². The van der Waals surface area contributed by atoms with Gasteiger partial charge in [-0.3, -0.25) is 10.1 Å². The molecule has 0 radical (unpaired) electrons. The molecule has 1 N–H and O–H groups in total. The summed E-state index contributed by atoms with van der Waals surface area (Å²) < 4.78 is 25.7. The van der Waals surface area contributed by atoms with Gasteiger partial charge in [-0.2, -0.15) is 0 Å². The van der Waals surface area contributed by atoms with Gasteiger partial charge in [-0.1, -0.05) is 0 Å². The van der Waals surface area contributed by atoms with Crippen LogP contribution in [0.2, 0.25) is 0 Å². The lowest BCUT2D eigenvalue weighted by Crippen LogP contribution is -2.43. The van der Waals surface area contributed by atoms with Crippen molar-refractivity contribution in [1.29, 1.82) is 0 Å². The average molecular weight is 301 g/mol. The van der Waals surface area contributed by atoms with Gasteiger partial charge in [-0.05, 0) is 12.1 Å². The van der Waals surface area contributed by atoms with Crippen molar-refractivity contribution in [2.75, 3.05) is 24.6 Å². The zero-order valence-corrected chi connectivity index (χ0v) is 11.2. The number of hydrogen-bond acceptors (Lipinski definition) is 6. The van der Waals surface area contributed by atoms with E-state index in [2.05, 4.69) is 0 Å². The molecule has 0 saturated carbocycles. The molecule has 1 aromatic rings. The molecule has 1 amide bonds. The number of nitro benzene ring substituents is 1. The van der Waals surface area contributed by atoms with Gasteiger partial charge in [0.2, 0.25) is 0 Å². The van der Waals surface area contributed by atoms with Gasteiger partial charge in [0.25, 0.3) is 5.69 Å². The number of amides is 1. The van der Waals surface area contributed by atoms with Crippen LogP contribution in [0.3, 0.4) is 0 Å². The molecule has 9 heteroatoms. The summed E-state index contributed by atoms with van der Waals surface area (Å²) in [4.78, 5) is 23.1. The second-order valence-corrected chi connectivity index (χ2v) is 6.65. The summed E-state index contributed by atoms with van der Waals surface area (Å²) in [6.07, 6.45) is -0.631. The van der Waals surface area contributed by atoms with Gasteiger partial charge in [0.05, 0.1) is 4.92 Å². The molecular formula is C11H13N2O6S-. The first kappa shape index (κ1) is 14.6. The Morgan fingerprint density at radius 1 is 1.30 bits per heavy atom. The molecule has 0 aliphatic carbocycles. The Labute approximate surface area is 116 Å². The van der Waals surface area contributed by atoms with E-state index in [-0.39, 0.29) is 36.0 Å². The Morgan fingerprint density at radius 2 is 1.85 bits per heavy atom. The SMILES string of the molecule is O=C(Oc1ccc([N+](=O)[O-])cc1)N1CCS([O-])(O)CC1. The minimum absolute atomic E-state index is 0.0301. The summed E-state index contributed by atoms with van der Waals surface area (Å²) >= 11 is 0. The van der Waals surface area contributed by atoms with Crippen molar-refractivity contribution in [2.45, 2.75) is 0 Å². The van der Waals surface area contributed by atoms with Crippen LogP contribution in [0.15, 0.2) is 24.3 Å². The van der Waals surface area contributed by atoms with Crippen LogP contribution in [-0.2, 0) is 0 Å². The van der Waals surface area contributed by atoms with Crippen LogP contribution in [-0.4, -0.2) is 49.6 Å². The molecule has 2 rings (SSSR count). The molecule has 8 nitrogen and oxygen atoms in total. The van der Waals surface area contributed by atoms with Crippen LogP contribution in [0.25, 0.3) is 0 Å². The molecule has 1 aromatic carbocycles. The molecule has 1 aliphatic heterocycles. The monoisotopic (exact) mass is 301 g/mol. The van der Waals surface area contributed by atoms with E-state index in [1.54, 1.807) is 0 Å². The average Bonchev–Trinajstić information content (AvgIpc) is 2.39. The van der Waals surface area contributed by atoms with Gasteiger partial charge in [-0.25, -0.2) is 4.79 Å². The fraction of sp³-hybridized carbons (Fsp3) is 0.364. The number of nitrogens with zero attached hydrogens (tertiary/aromatic N) is 2. The van der Waals surface area contributed by atoms with Crippen molar-refractivity contribution in [3.8, 4) is 5.75 Å².